The van der Waals surface area contributed by atoms with Crippen molar-refractivity contribution in [3.8, 4) is 10.9 Å². The Morgan fingerprint density at radius 1 is 1.10 bits per heavy atom. The first-order valence-corrected chi connectivity index (χ1v) is 10.2. The normalized spacial score (nSPS) is 10.9. The maximum Gasteiger partial charge on any atom is 0.225 e. The molecule has 0 aliphatic rings. The second kappa shape index (κ2) is 8.46. The fourth-order valence-corrected chi connectivity index (χ4v) is 4.01. The van der Waals surface area contributed by atoms with Crippen molar-refractivity contribution in [3.05, 3.63) is 65.9 Å². The van der Waals surface area contributed by atoms with E-state index in [9.17, 15) is 9.59 Å². The third-order valence-corrected chi connectivity index (χ3v) is 5.53. The summed E-state index contributed by atoms with van der Waals surface area (Å²) in [5.74, 6) is 0.973. The van der Waals surface area contributed by atoms with Gasteiger partial charge in [0.2, 0.25) is 11.0 Å². The number of methoxy groups -OCH3 is 1. The summed E-state index contributed by atoms with van der Waals surface area (Å²) in [6, 6.07) is 16.4. The van der Waals surface area contributed by atoms with Crippen molar-refractivity contribution in [1.82, 2.24) is 14.8 Å². The summed E-state index contributed by atoms with van der Waals surface area (Å²) >= 11 is 1.45. The molecule has 0 bridgehead atoms. The number of benzene rings is 2. The van der Waals surface area contributed by atoms with Crippen molar-refractivity contribution in [1.29, 1.82) is 0 Å². The molecule has 0 radical (unpaired) electrons. The first-order valence-electron chi connectivity index (χ1n) is 9.43. The van der Waals surface area contributed by atoms with Crippen molar-refractivity contribution < 1.29 is 14.3 Å². The van der Waals surface area contributed by atoms with E-state index in [1.807, 2.05) is 43.3 Å². The number of carbonyl (C=O) groups excluding carboxylic acids is 2. The predicted octanol–water partition coefficient (Wildman–Crippen LogP) is 4.40. The Morgan fingerprint density at radius 3 is 2.67 bits per heavy atom. The number of anilines is 1. The number of rotatable bonds is 7. The maximum absolute atomic E-state index is 12.5. The summed E-state index contributed by atoms with van der Waals surface area (Å²) in [5, 5.41) is 7.96. The van der Waals surface area contributed by atoms with Gasteiger partial charge >= 0.3 is 0 Å². The van der Waals surface area contributed by atoms with E-state index in [1.54, 1.807) is 30.0 Å². The zero-order valence-corrected chi connectivity index (χ0v) is 17.4. The fourth-order valence-electron chi connectivity index (χ4n) is 3.05. The van der Waals surface area contributed by atoms with Gasteiger partial charge in [0.05, 0.1) is 23.0 Å². The van der Waals surface area contributed by atoms with Crippen LogP contribution in [0.4, 0.5) is 5.82 Å². The standard InChI is InChI=1S/C22H20N4O3S/c1-14-12-20(24-21(28)11-10-18(27)15-6-4-3-5-7-15)26(25-14)22-23-17-9-8-16(29-2)13-19(17)30-22/h3-9,12-13H,10-11H2,1-2H3,(H,24,28). The molecule has 2 heterocycles. The van der Waals surface area contributed by atoms with Gasteiger partial charge in [0.1, 0.15) is 11.6 Å². The Hall–Kier alpha value is -3.52. The number of ketones is 1. The Bertz CT molecular complexity index is 1210. The second-order valence-corrected chi connectivity index (χ2v) is 7.76. The van der Waals surface area contributed by atoms with E-state index in [0.717, 1.165) is 21.7 Å². The van der Waals surface area contributed by atoms with Gasteiger partial charge in [0.25, 0.3) is 0 Å². The molecule has 8 heteroatoms. The Morgan fingerprint density at radius 2 is 1.90 bits per heavy atom. The summed E-state index contributed by atoms with van der Waals surface area (Å²) in [6.45, 7) is 1.85. The quantitative estimate of drug-likeness (QED) is 0.448. The van der Waals surface area contributed by atoms with Crippen molar-refractivity contribution in [3.63, 3.8) is 0 Å². The summed E-state index contributed by atoms with van der Waals surface area (Å²) < 4.78 is 7.84. The molecule has 0 unspecified atom stereocenters. The van der Waals surface area contributed by atoms with Gasteiger partial charge < -0.3 is 10.1 Å². The van der Waals surface area contributed by atoms with E-state index >= 15 is 0 Å². The number of aryl methyl sites for hydroxylation is 1. The number of nitrogens with one attached hydrogen (secondary N) is 1. The average Bonchev–Trinajstić information content (AvgIpc) is 3.34. The summed E-state index contributed by atoms with van der Waals surface area (Å²) in [5.41, 5.74) is 2.19. The van der Waals surface area contributed by atoms with Crippen LogP contribution in [0, 0.1) is 6.92 Å². The molecule has 0 atom stereocenters. The molecule has 0 fully saturated rings. The third kappa shape index (κ3) is 4.23. The lowest BCUT2D eigenvalue weighted by Crippen LogP contribution is -2.16. The van der Waals surface area contributed by atoms with Crippen LogP contribution in [-0.2, 0) is 4.79 Å². The van der Waals surface area contributed by atoms with Crippen LogP contribution in [0.2, 0.25) is 0 Å². The highest BCUT2D eigenvalue weighted by Crippen LogP contribution is 2.30. The number of thiazole rings is 1. The van der Waals surface area contributed by atoms with Crippen LogP contribution in [0.25, 0.3) is 15.3 Å². The SMILES string of the molecule is COc1ccc2nc(-n3nc(C)cc3NC(=O)CCC(=O)c3ccccc3)sc2c1. The molecule has 152 valence electrons. The van der Waals surface area contributed by atoms with Gasteiger partial charge in [-0.25, -0.2) is 4.98 Å². The largest absolute Gasteiger partial charge is 0.497 e. The number of fused-ring (bicyclic) bond motifs is 1. The molecule has 30 heavy (non-hydrogen) atoms. The summed E-state index contributed by atoms with van der Waals surface area (Å²) in [6.07, 6.45) is 0.235. The van der Waals surface area contributed by atoms with Gasteiger partial charge in [-0.05, 0) is 25.1 Å². The molecule has 0 aliphatic heterocycles. The van der Waals surface area contributed by atoms with Crippen molar-refractivity contribution in [2.45, 2.75) is 19.8 Å². The summed E-state index contributed by atoms with van der Waals surface area (Å²) in [7, 11) is 1.62. The number of nitrogens with zero attached hydrogens (tertiary/aromatic N) is 3. The van der Waals surface area contributed by atoms with E-state index in [1.165, 1.54) is 11.3 Å². The highest BCUT2D eigenvalue weighted by Gasteiger charge is 2.16. The Labute approximate surface area is 177 Å². The number of hydrogen-bond donors (Lipinski definition) is 1. The average molecular weight is 420 g/mol. The summed E-state index contributed by atoms with van der Waals surface area (Å²) in [4.78, 5) is 29.3. The lowest BCUT2D eigenvalue weighted by atomic mass is 10.1. The molecule has 2 aromatic heterocycles. The van der Waals surface area contributed by atoms with Crippen molar-refractivity contribution in [2.24, 2.45) is 0 Å². The first-order chi connectivity index (χ1) is 14.5. The Balaban J connectivity index is 1.49. The zero-order chi connectivity index (χ0) is 21.1. The fraction of sp³-hybridized carbons (Fsp3) is 0.182. The molecule has 0 spiro atoms. The van der Waals surface area contributed by atoms with Gasteiger partial charge in [-0.2, -0.15) is 9.78 Å². The van der Waals surface area contributed by atoms with Crippen LogP contribution in [0.5, 0.6) is 5.75 Å². The van der Waals surface area contributed by atoms with Gasteiger partial charge in [0, 0.05) is 24.5 Å². The minimum atomic E-state index is -0.247. The molecule has 7 nitrogen and oxygen atoms in total. The monoisotopic (exact) mass is 420 g/mol. The molecular weight excluding hydrogens is 400 g/mol. The van der Waals surface area contributed by atoms with E-state index in [0.29, 0.717) is 16.5 Å². The molecule has 0 saturated heterocycles. The van der Waals surface area contributed by atoms with Crippen LogP contribution in [0.3, 0.4) is 0 Å². The number of aromatic nitrogens is 3. The number of amides is 1. The molecule has 4 rings (SSSR count). The number of carbonyl (C=O) groups is 2. The van der Waals surface area contributed by atoms with Gasteiger partial charge in [0.15, 0.2) is 5.78 Å². The first kappa shape index (κ1) is 19.8. The van der Waals surface area contributed by atoms with E-state index in [2.05, 4.69) is 15.4 Å². The predicted molar refractivity (Wildman–Crippen MR) is 117 cm³/mol. The van der Waals surface area contributed by atoms with Crippen LogP contribution < -0.4 is 10.1 Å². The second-order valence-electron chi connectivity index (χ2n) is 6.75. The van der Waals surface area contributed by atoms with Crippen LogP contribution in [0.1, 0.15) is 28.9 Å². The van der Waals surface area contributed by atoms with Crippen molar-refractivity contribution >= 4 is 39.1 Å². The maximum atomic E-state index is 12.5. The number of Topliss-reactive ketones (excluding diaryl/α,β-unsaturated/α-hetero) is 1. The number of hydrogen-bond acceptors (Lipinski definition) is 6. The van der Waals surface area contributed by atoms with Gasteiger partial charge in [-0.1, -0.05) is 41.7 Å². The minimum absolute atomic E-state index is 0.0597. The van der Waals surface area contributed by atoms with Crippen LogP contribution >= 0.6 is 11.3 Å². The zero-order valence-electron chi connectivity index (χ0n) is 16.6. The highest BCUT2D eigenvalue weighted by atomic mass is 32.1. The van der Waals surface area contributed by atoms with Crippen LogP contribution in [-0.4, -0.2) is 33.6 Å². The molecule has 2 aromatic carbocycles. The smallest absolute Gasteiger partial charge is 0.225 e. The molecule has 4 aromatic rings. The molecular formula is C22H20N4O3S. The minimum Gasteiger partial charge on any atom is -0.497 e. The highest BCUT2D eigenvalue weighted by molar-refractivity contribution is 7.20. The molecule has 1 amide bonds. The third-order valence-electron chi connectivity index (χ3n) is 4.54. The lowest BCUT2D eigenvalue weighted by molar-refractivity contribution is -0.116. The van der Waals surface area contributed by atoms with E-state index < -0.39 is 0 Å². The van der Waals surface area contributed by atoms with Gasteiger partial charge in [-0.15, -0.1) is 0 Å². The lowest BCUT2D eigenvalue weighted by Gasteiger charge is -2.06. The molecule has 0 aliphatic carbocycles. The molecule has 1 N–H and O–H groups in total. The van der Waals surface area contributed by atoms with Crippen molar-refractivity contribution in [2.75, 3.05) is 12.4 Å². The topological polar surface area (TPSA) is 86.1 Å². The Kier molecular flexibility index (Phi) is 5.58. The van der Waals surface area contributed by atoms with Gasteiger partial charge in [-0.3, -0.25) is 9.59 Å². The van der Waals surface area contributed by atoms with E-state index in [4.69, 9.17) is 4.74 Å². The molecule has 0 saturated carbocycles. The van der Waals surface area contributed by atoms with Crippen LogP contribution in [0.15, 0.2) is 54.6 Å². The van der Waals surface area contributed by atoms with E-state index in [-0.39, 0.29) is 24.5 Å². The number of ether oxygens (including phenoxy) is 1.